The van der Waals surface area contributed by atoms with E-state index < -0.39 is 0 Å². The molecule has 0 saturated heterocycles. The molecule has 11 aromatic rings. The van der Waals surface area contributed by atoms with E-state index in [2.05, 4.69) is 237 Å². The molecule has 1 aliphatic rings. The first-order valence-electron chi connectivity index (χ1n) is 22.1. The Kier molecular flexibility index (Phi) is 9.50. The fourth-order valence-corrected chi connectivity index (χ4v) is 9.34. The maximum absolute atomic E-state index is 7.03. The van der Waals surface area contributed by atoms with E-state index in [1.165, 1.54) is 11.1 Å². The van der Waals surface area contributed by atoms with Gasteiger partial charge in [-0.05, 0) is 85.3 Å². The fourth-order valence-electron chi connectivity index (χ4n) is 9.34. The van der Waals surface area contributed by atoms with Crippen molar-refractivity contribution in [3.05, 3.63) is 243 Å². The molecule has 0 saturated carbocycles. The van der Waals surface area contributed by atoms with Gasteiger partial charge in [0.1, 0.15) is 11.5 Å². The van der Waals surface area contributed by atoms with Gasteiger partial charge in [0.05, 0.1) is 11.4 Å². The van der Waals surface area contributed by atoms with Gasteiger partial charge in [-0.2, -0.15) is 0 Å². The van der Waals surface area contributed by atoms with Gasteiger partial charge in [0, 0.05) is 33.2 Å². The minimum atomic E-state index is 0.653. The van der Waals surface area contributed by atoms with E-state index in [-0.39, 0.29) is 0 Å². The van der Waals surface area contributed by atoms with Crippen molar-refractivity contribution >= 4 is 10.8 Å². The number of para-hydroxylation sites is 1. The third-order valence-electron chi connectivity index (χ3n) is 12.5. The highest BCUT2D eigenvalue weighted by atomic mass is 16.5. The number of nitrogens with zero attached hydrogens (tertiary/aromatic N) is 2. The first-order chi connectivity index (χ1) is 32.2. The smallest absolute Gasteiger partial charge is 0.160 e. The van der Waals surface area contributed by atoms with Gasteiger partial charge < -0.3 is 4.74 Å². The van der Waals surface area contributed by atoms with Crippen molar-refractivity contribution in [1.82, 2.24) is 9.97 Å². The predicted octanol–water partition coefficient (Wildman–Crippen LogP) is 16.7. The lowest BCUT2D eigenvalue weighted by atomic mass is 9.84. The minimum absolute atomic E-state index is 0.653. The highest BCUT2D eigenvalue weighted by Crippen LogP contribution is 2.53. The van der Waals surface area contributed by atoms with Crippen LogP contribution < -0.4 is 4.74 Å². The second kappa shape index (κ2) is 16.2. The number of hydrogen-bond donors (Lipinski definition) is 0. The Morgan fingerprint density at radius 1 is 0.277 bits per heavy atom. The van der Waals surface area contributed by atoms with E-state index in [0.29, 0.717) is 5.82 Å². The molecule has 3 nitrogen and oxygen atoms in total. The average molecular weight is 829 g/mol. The van der Waals surface area contributed by atoms with Gasteiger partial charge in [-0.25, -0.2) is 9.97 Å². The van der Waals surface area contributed by atoms with Crippen molar-refractivity contribution in [2.75, 3.05) is 0 Å². The first kappa shape index (κ1) is 38.0. The Balaban J connectivity index is 1.12. The van der Waals surface area contributed by atoms with Gasteiger partial charge >= 0.3 is 0 Å². The van der Waals surface area contributed by atoms with Crippen LogP contribution in [0.2, 0.25) is 0 Å². The van der Waals surface area contributed by atoms with Crippen LogP contribution in [0.1, 0.15) is 0 Å². The Morgan fingerprint density at radius 3 is 1.34 bits per heavy atom. The Hall–Kier alpha value is -8.66. The van der Waals surface area contributed by atoms with Crippen molar-refractivity contribution in [1.29, 1.82) is 0 Å². The van der Waals surface area contributed by atoms with E-state index in [9.17, 15) is 0 Å². The lowest BCUT2D eigenvalue weighted by Gasteiger charge is -2.25. The number of aromatic nitrogens is 2. The summed E-state index contributed by atoms with van der Waals surface area (Å²) in [6, 6.07) is 85.8. The highest BCUT2D eigenvalue weighted by Gasteiger charge is 2.27. The second-order valence-electron chi connectivity index (χ2n) is 16.5. The SMILES string of the molecule is c1ccc(-c2ccc(-c3cc(-c4cc(-c5ccccc5)cc(-c5cccc6c5Oc5cccc7cccc-6c57)c4-c4ccccc4)nc(-c4ccc(-c5ccccc5)cc4)n3)cc2)cc1. The number of hydrogen-bond acceptors (Lipinski definition) is 3. The van der Waals surface area contributed by atoms with E-state index in [0.717, 1.165) is 106 Å². The van der Waals surface area contributed by atoms with Crippen LogP contribution in [0, 0.1) is 0 Å². The summed E-state index contributed by atoms with van der Waals surface area (Å²) >= 11 is 0. The third-order valence-corrected chi connectivity index (χ3v) is 12.5. The zero-order valence-electron chi connectivity index (χ0n) is 35.4. The topological polar surface area (TPSA) is 35.0 Å². The van der Waals surface area contributed by atoms with Crippen LogP contribution in [-0.2, 0) is 0 Å². The summed E-state index contributed by atoms with van der Waals surface area (Å²) < 4.78 is 7.03. The molecule has 1 aliphatic heterocycles. The highest BCUT2D eigenvalue weighted by molar-refractivity contribution is 6.07. The molecule has 0 radical (unpaired) electrons. The quantitative estimate of drug-likeness (QED) is 0.153. The van der Waals surface area contributed by atoms with Crippen LogP contribution in [0.5, 0.6) is 11.5 Å². The van der Waals surface area contributed by atoms with Crippen LogP contribution in [0.15, 0.2) is 243 Å². The van der Waals surface area contributed by atoms with E-state index in [1.54, 1.807) is 0 Å². The Morgan fingerprint density at radius 2 is 0.723 bits per heavy atom. The largest absolute Gasteiger partial charge is 0.455 e. The summed E-state index contributed by atoms with van der Waals surface area (Å²) in [5.74, 6) is 2.36. The Bertz CT molecular complexity index is 3410. The zero-order valence-corrected chi connectivity index (χ0v) is 35.4. The molecule has 1 aromatic heterocycles. The van der Waals surface area contributed by atoms with Gasteiger partial charge in [-0.15, -0.1) is 0 Å². The molecule has 0 spiro atoms. The average Bonchev–Trinajstić information content (AvgIpc) is 3.39. The fraction of sp³-hybridized carbons (Fsp3) is 0. The molecule has 304 valence electrons. The minimum Gasteiger partial charge on any atom is -0.455 e. The van der Waals surface area contributed by atoms with E-state index >= 15 is 0 Å². The normalized spacial score (nSPS) is 11.5. The van der Waals surface area contributed by atoms with E-state index in [1.807, 2.05) is 6.07 Å². The molecule has 0 N–H and O–H groups in total. The molecule has 0 unspecified atom stereocenters. The summed E-state index contributed by atoms with van der Waals surface area (Å²) in [6.45, 7) is 0. The molecular weight excluding hydrogens is 789 g/mol. The Labute approximate surface area is 378 Å². The van der Waals surface area contributed by atoms with Crippen molar-refractivity contribution < 1.29 is 4.74 Å². The van der Waals surface area contributed by atoms with Gasteiger partial charge in [-0.3, -0.25) is 0 Å². The molecule has 65 heavy (non-hydrogen) atoms. The maximum atomic E-state index is 7.03. The molecule has 12 rings (SSSR count). The summed E-state index contributed by atoms with van der Waals surface area (Å²) in [4.78, 5) is 10.9. The van der Waals surface area contributed by atoms with Crippen molar-refractivity contribution in [3.63, 3.8) is 0 Å². The number of ether oxygens (including phenoxy) is 1. The lowest BCUT2D eigenvalue weighted by Crippen LogP contribution is -2.01. The molecule has 0 amide bonds. The molecular formula is C62H40N2O. The monoisotopic (exact) mass is 828 g/mol. The van der Waals surface area contributed by atoms with Crippen molar-refractivity contribution in [2.45, 2.75) is 0 Å². The van der Waals surface area contributed by atoms with Crippen LogP contribution in [0.4, 0.5) is 0 Å². The molecule has 0 atom stereocenters. The number of benzene rings is 10. The third kappa shape index (κ3) is 7.06. The zero-order chi connectivity index (χ0) is 43.1. The summed E-state index contributed by atoms with van der Waals surface area (Å²) in [7, 11) is 0. The molecule has 10 aromatic carbocycles. The van der Waals surface area contributed by atoms with Crippen LogP contribution in [0.3, 0.4) is 0 Å². The van der Waals surface area contributed by atoms with Gasteiger partial charge in [0.25, 0.3) is 0 Å². The summed E-state index contributed by atoms with van der Waals surface area (Å²) in [5, 5.41) is 2.30. The summed E-state index contributed by atoms with van der Waals surface area (Å²) in [5.41, 5.74) is 17.9. The molecule has 0 fully saturated rings. The van der Waals surface area contributed by atoms with Gasteiger partial charge in [0.2, 0.25) is 0 Å². The number of fused-ring (bicyclic) bond motifs is 2. The van der Waals surface area contributed by atoms with Crippen LogP contribution in [0.25, 0.3) is 111 Å². The van der Waals surface area contributed by atoms with Crippen LogP contribution >= 0.6 is 0 Å². The summed E-state index contributed by atoms with van der Waals surface area (Å²) in [6.07, 6.45) is 0. The standard InChI is InChI=1S/C62H40N2O/c1-5-16-41(17-6-1)44-30-34-46(35-31-44)56-40-57(64-62(63-56)49-36-32-45(33-37-49)42-18-7-2-8-19-42)55-39-50(43-20-9-3-10-21-43)38-54(59(55)47-22-11-4-12-23-47)53-28-15-27-52-51-26-13-24-48-25-14-29-58(60(48)51)65-61(52)53/h1-40H. The second-order valence-corrected chi connectivity index (χ2v) is 16.5. The van der Waals surface area contributed by atoms with Crippen molar-refractivity contribution in [3.8, 4) is 112 Å². The van der Waals surface area contributed by atoms with Crippen LogP contribution in [-0.4, -0.2) is 9.97 Å². The predicted molar refractivity (Wildman–Crippen MR) is 269 cm³/mol. The van der Waals surface area contributed by atoms with Gasteiger partial charge in [-0.1, -0.05) is 218 Å². The van der Waals surface area contributed by atoms with E-state index in [4.69, 9.17) is 14.7 Å². The molecule has 0 bridgehead atoms. The molecule has 2 heterocycles. The maximum Gasteiger partial charge on any atom is 0.160 e. The molecule has 3 heteroatoms. The molecule has 0 aliphatic carbocycles. The van der Waals surface area contributed by atoms with Crippen molar-refractivity contribution in [2.24, 2.45) is 0 Å². The first-order valence-corrected chi connectivity index (χ1v) is 22.1. The lowest BCUT2D eigenvalue weighted by molar-refractivity contribution is 0.489. The number of rotatable bonds is 8. The van der Waals surface area contributed by atoms with Gasteiger partial charge in [0.15, 0.2) is 5.82 Å².